The minimum Gasteiger partial charge on any atom is -0.508 e. The van der Waals surface area contributed by atoms with Crippen LogP contribution in [-0.4, -0.2) is 36.6 Å². The second-order valence-electron chi connectivity index (χ2n) is 5.25. The lowest BCUT2D eigenvalue weighted by Gasteiger charge is -2.23. The molecule has 0 aliphatic heterocycles. The van der Waals surface area contributed by atoms with Gasteiger partial charge in [0.05, 0.1) is 0 Å². The zero-order valence-electron chi connectivity index (χ0n) is 12.0. The summed E-state index contributed by atoms with van der Waals surface area (Å²) in [5.74, 6) is 1.09. The van der Waals surface area contributed by atoms with Gasteiger partial charge in [-0.2, -0.15) is 0 Å². The second kappa shape index (κ2) is 7.52. The zero-order chi connectivity index (χ0) is 15.1. The van der Waals surface area contributed by atoms with Gasteiger partial charge in [-0.15, -0.1) is 0 Å². The van der Waals surface area contributed by atoms with Gasteiger partial charge in [0, 0.05) is 25.2 Å². The number of rotatable bonds is 6. The van der Waals surface area contributed by atoms with Gasteiger partial charge in [-0.25, -0.2) is 0 Å². The summed E-state index contributed by atoms with van der Waals surface area (Å²) in [6.45, 7) is 1.78. The summed E-state index contributed by atoms with van der Waals surface area (Å²) in [5, 5.41) is 14.9. The van der Waals surface area contributed by atoms with Crippen molar-refractivity contribution < 1.29 is 9.90 Å². The van der Waals surface area contributed by atoms with Crippen molar-refractivity contribution in [3.8, 4) is 5.75 Å². The number of aliphatic imine (C=N–C) groups is 1. The van der Waals surface area contributed by atoms with E-state index in [1.54, 1.807) is 12.1 Å². The predicted octanol–water partition coefficient (Wildman–Crippen LogP) is 0.826. The molecule has 1 aliphatic carbocycles. The molecule has 0 spiro atoms. The van der Waals surface area contributed by atoms with Gasteiger partial charge in [0.1, 0.15) is 5.75 Å². The van der Waals surface area contributed by atoms with Crippen molar-refractivity contribution in [3.05, 3.63) is 29.8 Å². The number of aromatic hydroxyl groups is 1. The van der Waals surface area contributed by atoms with E-state index in [1.165, 1.54) is 31.4 Å². The van der Waals surface area contributed by atoms with E-state index < -0.39 is 0 Å². The maximum absolute atomic E-state index is 11.8. The van der Waals surface area contributed by atoms with Crippen molar-refractivity contribution in [2.45, 2.75) is 19.3 Å². The molecule has 6 heteroatoms. The highest BCUT2D eigenvalue weighted by Gasteiger charge is 2.16. The number of benzene rings is 1. The summed E-state index contributed by atoms with van der Waals surface area (Å²) < 4.78 is 0. The highest BCUT2D eigenvalue weighted by molar-refractivity contribution is 5.94. The Morgan fingerprint density at radius 3 is 2.52 bits per heavy atom. The Morgan fingerprint density at radius 2 is 1.90 bits per heavy atom. The van der Waals surface area contributed by atoms with Crippen LogP contribution >= 0.6 is 0 Å². The van der Waals surface area contributed by atoms with Crippen molar-refractivity contribution in [2.24, 2.45) is 16.6 Å². The molecular formula is C15H22N4O2. The molecule has 1 aromatic carbocycles. The summed E-state index contributed by atoms with van der Waals surface area (Å²) in [4.78, 5) is 16.1. The molecule has 1 fully saturated rings. The number of amides is 1. The third kappa shape index (κ3) is 4.98. The van der Waals surface area contributed by atoms with E-state index in [2.05, 4.69) is 15.6 Å². The van der Waals surface area contributed by atoms with Crippen molar-refractivity contribution >= 4 is 11.9 Å². The van der Waals surface area contributed by atoms with E-state index in [-0.39, 0.29) is 11.7 Å². The molecule has 0 radical (unpaired) electrons. The van der Waals surface area contributed by atoms with Gasteiger partial charge in [0.2, 0.25) is 0 Å². The van der Waals surface area contributed by atoms with Crippen LogP contribution in [0.4, 0.5) is 0 Å². The summed E-state index contributed by atoms with van der Waals surface area (Å²) in [7, 11) is 0. The van der Waals surface area contributed by atoms with Gasteiger partial charge < -0.3 is 21.5 Å². The number of hydrogen-bond donors (Lipinski definition) is 4. The molecule has 0 unspecified atom stereocenters. The largest absolute Gasteiger partial charge is 0.508 e. The second-order valence-corrected chi connectivity index (χ2v) is 5.25. The van der Waals surface area contributed by atoms with Gasteiger partial charge in [-0.1, -0.05) is 6.42 Å². The number of nitrogens with one attached hydrogen (secondary N) is 2. The molecule has 0 atom stereocenters. The third-order valence-corrected chi connectivity index (χ3v) is 3.59. The van der Waals surface area contributed by atoms with Crippen molar-refractivity contribution in [2.75, 3.05) is 19.6 Å². The average Bonchev–Trinajstić information content (AvgIpc) is 2.42. The highest BCUT2D eigenvalue weighted by Crippen LogP contribution is 2.26. The van der Waals surface area contributed by atoms with Crippen molar-refractivity contribution in [1.82, 2.24) is 10.6 Å². The molecule has 1 amide bonds. The first-order valence-corrected chi connectivity index (χ1v) is 7.26. The Labute approximate surface area is 124 Å². The van der Waals surface area contributed by atoms with Gasteiger partial charge in [-0.05, 0) is 43.0 Å². The molecule has 6 nitrogen and oxygen atoms in total. The molecule has 1 aliphatic rings. The Kier molecular flexibility index (Phi) is 5.43. The molecule has 0 heterocycles. The summed E-state index contributed by atoms with van der Waals surface area (Å²) in [5.41, 5.74) is 6.26. The lowest BCUT2D eigenvalue weighted by molar-refractivity contribution is 0.0954. The Bertz CT molecular complexity index is 495. The molecule has 5 N–H and O–H groups in total. The molecule has 0 aromatic heterocycles. The van der Waals surface area contributed by atoms with Gasteiger partial charge in [0.25, 0.3) is 5.91 Å². The van der Waals surface area contributed by atoms with Crippen LogP contribution in [0.3, 0.4) is 0 Å². The van der Waals surface area contributed by atoms with Crippen LogP contribution in [0.2, 0.25) is 0 Å². The summed E-state index contributed by atoms with van der Waals surface area (Å²) >= 11 is 0. The van der Waals surface area contributed by atoms with E-state index in [9.17, 15) is 4.79 Å². The van der Waals surface area contributed by atoms with Crippen LogP contribution in [-0.2, 0) is 0 Å². The molecular weight excluding hydrogens is 268 g/mol. The minimum atomic E-state index is -0.179. The maximum atomic E-state index is 11.8. The van der Waals surface area contributed by atoms with Gasteiger partial charge >= 0.3 is 0 Å². The maximum Gasteiger partial charge on any atom is 0.251 e. The monoisotopic (exact) mass is 290 g/mol. The van der Waals surface area contributed by atoms with E-state index in [4.69, 9.17) is 10.8 Å². The molecule has 114 valence electrons. The fourth-order valence-electron chi connectivity index (χ4n) is 2.04. The molecule has 0 bridgehead atoms. The molecule has 1 aromatic rings. The molecule has 21 heavy (non-hydrogen) atoms. The van der Waals surface area contributed by atoms with E-state index in [1.807, 2.05) is 0 Å². The number of guanidine groups is 1. The Balaban J connectivity index is 1.62. The minimum absolute atomic E-state index is 0.142. The third-order valence-electron chi connectivity index (χ3n) is 3.59. The highest BCUT2D eigenvalue weighted by atomic mass is 16.3. The fourth-order valence-corrected chi connectivity index (χ4v) is 2.04. The standard InChI is InChI=1S/C15H22N4O2/c16-15(19-10-11-2-1-3-11)18-9-8-17-14(21)12-4-6-13(20)7-5-12/h4-7,11,20H,1-3,8-10H2,(H,17,21)(H3,16,18,19). The lowest BCUT2D eigenvalue weighted by Crippen LogP contribution is -2.38. The van der Waals surface area contributed by atoms with Crippen LogP contribution < -0.4 is 16.4 Å². The van der Waals surface area contributed by atoms with E-state index >= 15 is 0 Å². The number of hydrogen-bond acceptors (Lipinski definition) is 3. The first-order chi connectivity index (χ1) is 10.1. The number of nitrogens with two attached hydrogens (primary N) is 1. The lowest BCUT2D eigenvalue weighted by atomic mass is 9.86. The first kappa shape index (κ1) is 15.2. The zero-order valence-corrected chi connectivity index (χ0v) is 12.0. The first-order valence-electron chi connectivity index (χ1n) is 7.26. The van der Waals surface area contributed by atoms with Crippen LogP contribution in [0.1, 0.15) is 29.6 Å². The van der Waals surface area contributed by atoms with Crippen molar-refractivity contribution in [1.29, 1.82) is 0 Å². The summed E-state index contributed by atoms with van der Waals surface area (Å²) in [6.07, 6.45) is 3.80. The average molecular weight is 290 g/mol. The van der Waals surface area contributed by atoms with Gasteiger partial charge in [-0.3, -0.25) is 9.79 Å². The SMILES string of the molecule is NC(=NCC1CCC1)NCCNC(=O)c1ccc(O)cc1. The smallest absolute Gasteiger partial charge is 0.251 e. The van der Waals surface area contributed by atoms with Crippen LogP contribution in [0.15, 0.2) is 29.3 Å². The number of nitrogens with zero attached hydrogens (tertiary/aromatic N) is 1. The van der Waals surface area contributed by atoms with Gasteiger partial charge in [0.15, 0.2) is 5.96 Å². The number of carbonyl (C=O) groups is 1. The quantitative estimate of drug-likeness (QED) is 0.354. The van der Waals surface area contributed by atoms with Crippen molar-refractivity contribution in [3.63, 3.8) is 0 Å². The number of phenolic OH excluding ortho intramolecular Hbond substituents is 1. The molecule has 2 rings (SSSR count). The Hall–Kier alpha value is -2.24. The van der Waals surface area contributed by atoms with Crippen LogP contribution in [0.5, 0.6) is 5.75 Å². The Morgan fingerprint density at radius 1 is 1.24 bits per heavy atom. The normalized spacial score (nSPS) is 15.3. The van der Waals surface area contributed by atoms with E-state index in [0.29, 0.717) is 30.5 Å². The molecule has 0 saturated heterocycles. The number of phenols is 1. The summed E-state index contributed by atoms with van der Waals surface area (Å²) in [6, 6.07) is 6.12. The van der Waals surface area contributed by atoms with E-state index in [0.717, 1.165) is 6.54 Å². The predicted molar refractivity (Wildman–Crippen MR) is 82.3 cm³/mol. The van der Waals surface area contributed by atoms with Crippen LogP contribution in [0, 0.1) is 5.92 Å². The fraction of sp³-hybridized carbons (Fsp3) is 0.467. The van der Waals surface area contributed by atoms with Crippen LogP contribution in [0.25, 0.3) is 0 Å². The topological polar surface area (TPSA) is 99.7 Å². The molecule has 1 saturated carbocycles. The number of carbonyl (C=O) groups excluding carboxylic acids is 1.